The zero-order valence-electron chi connectivity index (χ0n) is 8.64. The van der Waals surface area contributed by atoms with Gasteiger partial charge < -0.3 is 5.11 Å². The Kier molecular flexibility index (Phi) is 4.09. The minimum atomic E-state index is 0.198. The van der Waals surface area contributed by atoms with Gasteiger partial charge in [-0.1, -0.05) is 5.21 Å². The maximum Gasteiger partial charge on any atom is 0.0828 e. The van der Waals surface area contributed by atoms with Gasteiger partial charge in [0.05, 0.1) is 12.2 Å². The van der Waals surface area contributed by atoms with Crippen LogP contribution in [-0.2, 0) is 13.0 Å². The standard InChI is InChI=1S/C10H12BrN3OS/c11-9-3-5-16-10(9)7-14-6-8(12-13-14)2-1-4-15/h3,5-6,15H,1-2,4,7H2. The molecule has 2 aromatic heterocycles. The molecule has 0 aliphatic rings. The van der Waals surface area contributed by atoms with Crippen molar-refractivity contribution >= 4 is 27.3 Å². The number of aliphatic hydroxyl groups is 1. The fourth-order valence-electron chi connectivity index (χ4n) is 1.38. The molecule has 0 saturated carbocycles. The lowest BCUT2D eigenvalue weighted by Crippen LogP contribution is -1.98. The van der Waals surface area contributed by atoms with Crippen LogP contribution in [0.1, 0.15) is 17.0 Å². The van der Waals surface area contributed by atoms with Gasteiger partial charge in [0.25, 0.3) is 0 Å². The summed E-state index contributed by atoms with van der Waals surface area (Å²) in [4.78, 5) is 1.23. The highest BCUT2D eigenvalue weighted by Gasteiger charge is 2.05. The van der Waals surface area contributed by atoms with E-state index in [4.69, 9.17) is 5.11 Å². The van der Waals surface area contributed by atoms with Crippen molar-refractivity contribution in [3.63, 3.8) is 0 Å². The molecule has 86 valence electrons. The zero-order valence-corrected chi connectivity index (χ0v) is 11.0. The third-order valence-corrected chi connectivity index (χ3v) is 4.08. The molecule has 6 heteroatoms. The predicted octanol–water partition coefficient (Wildman–Crippen LogP) is 2.08. The molecule has 0 aromatic carbocycles. The lowest BCUT2D eigenvalue weighted by molar-refractivity contribution is 0.288. The van der Waals surface area contributed by atoms with Gasteiger partial charge in [-0.3, -0.25) is 0 Å². The van der Waals surface area contributed by atoms with Crippen molar-refractivity contribution in [2.45, 2.75) is 19.4 Å². The Labute approximate surface area is 106 Å². The molecule has 0 unspecified atom stereocenters. The number of halogens is 1. The quantitative estimate of drug-likeness (QED) is 0.920. The van der Waals surface area contributed by atoms with Gasteiger partial charge >= 0.3 is 0 Å². The van der Waals surface area contributed by atoms with Gasteiger partial charge in [-0.2, -0.15) is 0 Å². The van der Waals surface area contributed by atoms with Gasteiger partial charge in [0.2, 0.25) is 0 Å². The molecule has 0 atom stereocenters. The van der Waals surface area contributed by atoms with Crippen molar-refractivity contribution in [1.82, 2.24) is 15.0 Å². The second-order valence-corrected chi connectivity index (χ2v) is 5.28. The Morgan fingerprint density at radius 3 is 3.06 bits per heavy atom. The molecule has 1 N–H and O–H groups in total. The van der Waals surface area contributed by atoms with Crippen LogP contribution in [0, 0.1) is 0 Å². The Hall–Kier alpha value is -0.720. The third-order valence-electron chi connectivity index (χ3n) is 2.17. The van der Waals surface area contributed by atoms with Crippen molar-refractivity contribution in [1.29, 1.82) is 0 Å². The van der Waals surface area contributed by atoms with E-state index in [1.807, 2.05) is 22.3 Å². The minimum absolute atomic E-state index is 0.198. The molecule has 16 heavy (non-hydrogen) atoms. The van der Waals surface area contributed by atoms with Crippen LogP contribution >= 0.6 is 27.3 Å². The number of hydrogen-bond acceptors (Lipinski definition) is 4. The van der Waals surface area contributed by atoms with Crippen LogP contribution in [0.2, 0.25) is 0 Å². The van der Waals surface area contributed by atoms with Gasteiger partial charge in [-0.15, -0.1) is 16.4 Å². The Morgan fingerprint density at radius 1 is 1.50 bits per heavy atom. The van der Waals surface area contributed by atoms with Crippen LogP contribution in [-0.4, -0.2) is 26.7 Å². The van der Waals surface area contributed by atoms with Gasteiger partial charge in [0, 0.05) is 22.2 Å². The van der Waals surface area contributed by atoms with Crippen LogP contribution in [0.3, 0.4) is 0 Å². The van der Waals surface area contributed by atoms with E-state index < -0.39 is 0 Å². The summed E-state index contributed by atoms with van der Waals surface area (Å²) >= 11 is 5.18. The first-order valence-electron chi connectivity index (χ1n) is 5.01. The summed E-state index contributed by atoms with van der Waals surface area (Å²) in [5, 5.41) is 18.9. The fraction of sp³-hybridized carbons (Fsp3) is 0.400. The van der Waals surface area contributed by atoms with E-state index in [0.29, 0.717) is 0 Å². The molecule has 0 aliphatic heterocycles. The van der Waals surface area contributed by atoms with Crippen LogP contribution < -0.4 is 0 Å². The summed E-state index contributed by atoms with van der Waals surface area (Å²) < 4.78 is 2.94. The van der Waals surface area contributed by atoms with Crippen molar-refractivity contribution in [3.05, 3.63) is 32.7 Å². The molecule has 0 aliphatic carbocycles. The van der Waals surface area contributed by atoms with E-state index in [2.05, 4.69) is 26.2 Å². The van der Waals surface area contributed by atoms with Crippen LogP contribution in [0.4, 0.5) is 0 Å². The number of rotatable bonds is 5. The molecule has 0 bridgehead atoms. The number of thiophene rings is 1. The first kappa shape index (κ1) is 11.8. The van der Waals surface area contributed by atoms with Crippen LogP contribution in [0.5, 0.6) is 0 Å². The van der Waals surface area contributed by atoms with E-state index in [0.717, 1.165) is 29.6 Å². The second-order valence-electron chi connectivity index (χ2n) is 3.43. The van der Waals surface area contributed by atoms with Crippen LogP contribution in [0.25, 0.3) is 0 Å². The molecule has 0 radical (unpaired) electrons. The normalized spacial score (nSPS) is 10.9. The van der Waals surface area contributed by atoms with Gasteiger partial charge in [0.1, 0.15) is 0 Å². The summed E-state index contributed by atoms with van der Waals surface area (Å²) in [6.45, 7) is 0.938. The first-order valence-corrected chi connectivity index (χ1v) is 6.68. The highest BCUT2D eigenvalue weighted by Crippen LogP contribution is 2.23. The minimum Gasteiger partial charge on any atom is -0.396 e. The maximum atomic E-state index is 8.72. The van der Waals surface area contributed by atoms with Crippen molar-refractivity contribution < 1.29 is 5.11 Å². The number of aliphatic hydroxyl groups excluding tert-OH is 1. The number of nitrogens with zero attached hydrogens (tertiary/aromatic N) is 3. The molecule has 2 rings (SSSR count). The molecule has 0 saturated heterocycles. The van der Waals surface area contributed by atoms with Gasteiger partial charge in [-0.25, -0.2) is 4.68 Å². The van der Waals surface area contributed by atoms with Gasteiger partial charge in [-0.05, 0) is 40.2 Å². The van der Waals surface area contributed by atoms with E-state index in [9.17, 15) is 0 Å². The second kappa shape index (κ2) is 5.56. The predicted molar refractivity (Wildman–Crippen MR) is 66.5 cm³/mol. The molecule has 4 nitrogen and oxygen atoms in total. The summed E-state index contributed by atoms with van der Waals surface area (Å²) in [5.74, 6) is 0. The summed E-state index contributed by atoms with van der Waals surface area (Å²) in [5.41, 5.74) is 0.932. The fourth-order valence-corrected chi connectivity index (χ4v) is 2.84. The average Bonchev–Trinajstić information content (AvgIpc) is 2.87. The molecule has 2 heterocycles. The van der Waals surface area contributed by atoms with Crippen molar-refractivity contribution in [2.75, 3.05) is 6.61 Å². The largest absolute Gasteiger partial charge is 0.396 e. The van der Waals surface area contributed by atoms with Crippen LogP contribution in [0.15, 0.2) is 22.1 Å². The molecule has 0 amide bonds. The molecular formula is C10H12BrN3OS. The smallest absolute Gasteiger partial charge is 0.0828 e. The topological polar surface area (TPSA) is 50.9 Å². The van der Waals surface area contributed by atoms with E-state index in [-0.39, 0.29) is 6.61 Å². The average molecular weight is 302 g/mol. The molecule has 0 fully saturated rings. The Balaban J connectivity index is 2.00. The molecule has 0 spiro atoms. The zero-order chi connectivity index (χ0) is 11.4. The lowest BCUT2D eigenvalue weighted by atomic mass is 10.3. The summed E-state index contributed by atoms with van der Waals surface area (Å²) in [7, 11) is 0. The number of aryl methyl sites for hydroxylation is 1. The summed E-state index contributed by atoms with van der Waals surface area (Å²) in [6, 6.07) is 2.03. The van der Waals surface area contributed by atoms with Gasteiger partial charge in [0.15, 0.2) is 0 Å². The first-order chi connectivity index (χ1) is 7.79. The lowest BCUT2D eigenvalue weighted by Gasteiger charge is -1.97. The monoisotopic (exact) mass is 301 g/mol. The van der Waals surface area contributed by atoms with E-state index in [1.165, 1.54) is 4.88 Å². The number of aromatic nitrogens is 3. The Bertz CT molecular complexity index is 454. The third kappa shape index (κ3) is 2.90. The van der Waals surface area contributed by atoms with E-state index >= 15 is 0 Å². The Morgan fingerprint density at radius 2 is 2.38 bits per heavy atom. The van der Waals surface area contributed by atoms with Crippen molar-refractivity contribution in [3.8, 4) is 0 Å². The number of hydrogen-bond donors (Lipinski definition) is 1. The van der Waals surface area contributed by atoms with Crippen molar-refractivity contribution in [2.24, 2.45) is 0 Å². The molecular weight excluding hydrogens is 290 g/mol. The van der Waals surface area contributed by atoms with E-state index in [1.54, 1.807) is 11.3 Å². The molecule has 2 aromatic rings. The SMILES string of the molecule is OCCCc1cn(Cc2sccc2Br)nn1. The summed E-state index contributed by atoms with van der Waals surface area (Å²) in [6.07, 6.45) is 3.45. The highest BCUT2D eigenvalue weighted by molar-refractivity contribution is 9.10. The maximum absolute atomic E-state index is 8.72. The highest BCUT2D eigenvalue weighted by atomic mass is 79.9.